The molecule has 0 heteroatoms. The van der Waals surface area contributed by atoms with E-state index < -0.39 is 0 Å². The maximum atomic E-state index is 5.56. The molecule has 0 aliphatic heterocycles. The first-order chi connectivity index (χ1) is 7.34. The lowest BCUT2D eigenvalue weighted by Crippen LogP contribution is -2.01. The van der Waals surface area contributed by atoms with Crippen molar-refractivity contribution in [1.29, 1.82) is 0 Å². The van der Waals surface area contributed by atoms with Gasteiger partial charge in [0, 0.05) is 5.92 Å². The van der Waals surface area contributed by atoms with E-state index in [1.54, 1.807) is 0 Å². The number of rotatable bonds is 0. The minimum atomic E-state index is 0.351. The lowest BCUT2D eigenvalue weighted by molar-refractivity contribution is 0.516. The molecule has 0 N–H and O–H groups in total. The molecule has 1 fully saturated rings. The second-order valence-electron chi connectivity index (χ2n) is 4.74. The summed E-state index contributed by atoms with van der Waals surface area (Å²) in [6, 6.07) is 0. The molecule has 84 valence electrons. The van der Waals surface area contributed by atoms with E-state index in [1.807, 2.05) is 0 Å². The van der Waals surface area contributed by atoms with Gasteiger partial charge in [0.15, 0.2) is 0 Å². The van der Waals surface area contributed by atoms with Crippen LogP contribution in [-0.4, -0.2) is 0 Å². The van der Waals surface area contributed by atoms with Gasteiger partial charge < -0.3 is 0 Å². The summed E-state index contributed by atoms with van der Waals surface area (Å²) < 4.78 is 0. The van der Waals surface area contributed by atoms with Crippen LogP contribution >= 0.6 is 0 Å². The molecule has 1 saturated carbocycles. The third-order valence-electron chi connectivity index (χ3n) is 3.43. The van der Waals surface area contributed by atoms with Crippen molar-refractivity contribution in [2.75, 3.05) is 0 Å². The van der Waals surface area contributed by atoms with Gasteiger partial charge in [0.25, 0.3) is 0 Å². The summed E-state index contributed by atoms with van der Waals surface area (Å²) in [5.74, 6) is 3.26. The Morgan fingerprint density at radius 2 is 1.47 bits per heavy atom. The first-order valence-electron chi connectivity index (χ1n) is 6.48. The van der Waals surface area contributed by atoms with Gasteiger partial charge >= 0.3 is 0 Å². The Bertz CT molecular complexity index is 219. The summed E-state index contributed by atoms with van der Waals surface area (Å²) in [5.41, 5.74) is 1.30. The average Bonchev–Trinajstić information content (AvgIpc) is 2.23. The quantitative estimate of drug-likeness (QED) is 0.396. The van der Waals surface area contributed by atoms with Crippen molar-refractivity contribution in [3.05, 3.63) is 12.2 Å². The van der Waals surface area contributed by atoms with Gasteiger partial charge in [0.2, 0.25) is 0 Å². The summed E-state index contributed by atoms with van der Waals surface area (Å²) in [6.45, 7) is 4.15. The lowest BCUT2D eigenvalue weighted by Gasteiger charge is -2.15. The van der Waals surface area contributed by atoms with Gasteiger partial charge in [-0.1, -0.05) is 63.0 Å². The topological polar surface area (TPSA) is 0 Å². The summed E-state index contributed by atoms with van der Waals surface area (Å²) in [7, 11) is 0. The number of allylic oxidation sites excluding steroid dienone is 1. The largest absolute Gasteiger partial charge is 0.119 e. The molecule has 1 rings (SSSR count). The molecule has 0 spiro atoms. The van der Waals surface area contributed by atoms with Gasteiger partial charge in [-0.3, -0.25) is 0 Å². The van der Waals surface area contributed by atoms with Crippen molar-refractivity contribution >= 4 is 0 Å². The Morgan fingerprint density at radius 1 is 0.933 bits per heavy atom. The summed E-state index contributed by atoms with van der Waals surface area (Å²) in [5, 5.41) is 0. The van der Waals surface area contributed by atoms with Gasteiger partial charge in [0.05, 0.1) is 0 Å². The molecule has 1 unspecified atom stereocenters. The predicted molar refractivity (Wildman–Crippen MR) is 67.6 cm³/mol. The zero-order valence-corrected chi connectivity index (χ0v) is 9.93. The van der Waals surface area contributed by atoms with Crippen molar-refractivity contribution in [3.8, 4) is 12.3 Å². The highest BCUT2D eigenvalue weighted by Crippen LogP contribution is 2.23. The molecule has 0 amide bonds. The van der Waals surface area contributed by atoms with Crippen LogP contribution in [0.1, 0.15) is 64.2 Å². The van der Waals surface area contributed by atoms with Gasteiger partial charge in [-0.05, 0) is 19.3 Å². The normalized spacial score (nSPS) is 26.1. The number of hydrogen-bond donors (Lipinski definition) is 0. The summed E-state index contributed by atoms with van der Waals surface area (Å²) in [4.78, 5) is 0. The molecule has 15 heavy (non-hydrogen) atoms. The maximum absolute atomic E-state index is 5.56. The van der Waals surface area contributed by atoms with E-state index in [4.69, 9.17) is 6.42 Å². The molecular formula is C15H24. The monoisotopic (exact) mass is 204 g/mol. The summed E-state index contributed by atoms with van der Waals surface area (Å²) >= 11 is 0. The Morgan fingerprint density at radius 3 is 2.07 bits per heavy atom. The molecule has 0 aromatic rings. The van der Waals surface area contributed by atoms with Crippen LogP contribution in [0.25, 0.3) is 0 Å². The van der Waals surface area contributed by atoms with Crippen molar-refractivity contribution < 1.29 is 0 Å². The van der Waals surface area contributed by atoms with Crippen LogP contribution in [-0.2, 0) is 0 Å². The maximum Gasteiger partial charge on any atom is 0.0406 e. The fraction of sp³-hybridized carbons (Fsp3) is 0.733. The minimum Gasteiger partial charge on any atom is -0.119 e. The predicted octanol–water partition coefficient (Wildman–Crippen LogP) is 4.71. The minimum absolute atomic E-state index is 0.351. The third kappa shape index (κ3) is 5.07. The van der Waals surface area contributed by atoms with Crippen LogP contribution in [0.2, 0.25) is 0 Å². The molecule has 0 radical (unpaired) electrons. The third-order valence-corrected chi connectivity index (χ3v) is 3.43. The molecule has 1 aliphatic rings. The zero-order valence-electron chi connectivity index (χ0n) is 9.93. The van der Waals surface area contributed by atoms with E-state index in [9.17, 15) is 0 Å². The molecule has 1 atom stereocenters. The van der Waals surface area contributed by atoms with E-state index in [1.165, 1.54) is 56.9 Å². The molecule has 0 nitrogen and oxygen atoms in total. The highest BCUT2D eigenvalue weighted by molar-refractivity contribution is 5.13. The van der Waals surface area contributed by atoms with E-state index in [-0.39, 0.29) is 0 Å². The van der Waals surface area contributed by atoms with Crippen molar-refractivity contribution in [2.24, 2.45) is 5.92 Å². The molecule has 0 bridgehead atoms. The zero-order chi connectivity index (χ0) is 10.9. The first-order valence-corrected chi connectivity index (χ1v) is 6.48. The molecule has 0 aromatic heterocycles. The molecule has 0 aromatic carbocycles. The highest BCUT2D eigenvalue weighted by atomic mass is 14.1. The van der Waals surface area contributed by atoms with E-state index in [0.29, 0.717) is 5.92 Å². The Kier molecular flexibility index (Phi) is 6.25. The van der Waals surface area contributed by atoms with Crippen molar-refractivity contribution in [3.63, 3.8) is 0 Å². The van der Waals surface area contributed by atoms with E-state index in [0.717, 1.165) is 12.8 Å². The summed E-state index contributed by atoms with van der Waals surface area (Å²) in [6.07, 6.45) is 18.8. The van der Waals surface area contributed by atoms with Crippen LogP contribution in [0, 0.1) is 18.3 Å². The molecular weight excluding hydrogens is 180 g/mol. The number of hydrogen-bond acceptors (Lipinski definition) is 0. The van der Waals surface area contributed by atoms with Crippen LogP contribution in [0.4, 0.5) is 0 Å². The van der Waals surface area contributed by atoms with Gasteiger partial charge in [-0.2, -0.15) is 0 Å². The fourth-order valence-corrected chi connectivity index (χ4v) is 2.34. The average molecular weight is 204 g/mol. The lowest BCUT2D eigenvalue weighted by atomic mass is 9.90. The van der Waals surface area contributed by atoms with E-state index >= 15 is 0 Å². The van der Waals surface area contributed by atoms with Crippen molar-refractivity contribution in [2.45, 2.75) is 64.2 Å². The second kappa shape index (κ2) is 7.57. The van der Waals surface area contributed by atoms with Crippen LogP contribution < -0.4 is 0 Å². The second-order valence-corrected chi connectivity index (χ2v) is 4.74. The smallest absolute Gasteiger partial charge is 0.0406 e. The molecule has 0 saturated heterocycles. The Hall–Kier alpha value is -0.700. The van der Waals surface area contributed by atoms with Crippen molar-refractivity contribution in [1.82, 2.24) is 0 Å². The van der Waals surface area contributed by atoms with Gasteiger partial charge in [0.1, 0.15) is 0 Å². The molecule has 1 aliphatic carbocycles. The number of terminal acetylenes is 1. The Balaban J connectivity index is 2.38. The standard InChI is InChI=1S/C15H24/c1-3-15-13-11-9-7-5-4-6-8-10-12-14(15)2/h1,15H,2,4-13H2. The van der Waals surface area contributed by atoms with Crippen LogP contribution in [0.5, 0.6) is 0 Å². The first kappa shape index (κ1) is 12.4. The van der Waals surface area contributed by atoms with Gasteiger partial charge in [-0.25, -0.2) is 0 Å². The SMILES string of the molecule is C#CC1CCCCCCCCCCC1=C. The highest BCUT2D eigenvalue weighted by Gasteiger charge is 2.09. The fourth-order valence-electron chi connectivity index (χ4n) is 2.34. The van der Waals surface area contributed by atoms with E-state index in [2.05, 4.69) is 12.5 Å². The van der Waals surface area contributed by atoms with Gasteiger partial charge in [-0.15, -0.1) is 6.42 Å². The Labute approximate surface area is 95.2 Å². The molecule has 0 heterocycles. The van der Waals surface area contributed by atoms with Crippen LogP contribution in [0.3, 0.4) is 0 Å². The van der Waals surface area contributed by atoms with Crippen LogP contribution in [0.15, 0.2) is 12.2 Å².